The smallest absolute Gasteiger partial charge is 0.228 e. The van der Waals surface area contributed by atoms with Crippen molar-refractivity contribution in [2.45, 2.75) is 13.0 Å². The highest BCUT2D eigenvalue weighted by Crippen LogP contribution is 2.22. The first kappa shape index (κ1) is 18.9. The van der Waals surface area contributed by atoms with Crippen LogP contribution in [-0.4, -0.2) is 61.2 Å². The van der Waals surface area contributed by atoms with Crippen molar-refractivity contribution in [3.8, 4) is 10.7 Å². The molecule has 8 heteroatoms. The minimum absolute atomic E-state index is 0.139. The SMILES string of the molecule is O=C(Cc1csc(-c2ccccn2)n1)N1CCN(Cc2cn3ccccc3n2)CC1. The average molecular weight is 419 g/mol. The van der Waals surface area contributed by atoms with Gasteiger partial charge in [0.15, 0.2) is 0 Å². The first-order valence-corrected chi connectivity index (χ1v) is 10.9. The van der Waals surface area contributed by atoms with Crippen molar-refractivity contribution in [1.29, 1.82) is 0 Å². The minimum Gasteiger partial charge on any atom is -0.340 e. The van der Waals surface area contributed by atoms with Gasteiger partial charge in [0.25, 0.3) is 0 Å². The first-order chi connectivity index (χ1) is 14.7. The van der Waals surface area contributed by atoms with Crippen LogP contribution in [0.3, 0.4) is 0 Å². The van der Waals surface area contributed by atoms with E-state index in [1.54, 1.807) is 6.20 Å². The van der Waals surface area contributed by atoms with Gasteiger partial charge in [-0.2, -0.15) is 0 Å². The predicted octanol–water partition coefficient (Wildman–Crippen LogP) is 2.74. The Morgan fingerprint density at radius 1 is 1.00 bits per heavy atom. The Bertz CT molecular complexity index is 1110. The van der Waals surface area contributed by atoms with Crippen molar-refractivity contribution in [1.82, 2.24) is 29.2 Å². The lowest BCUT2D eigenvalue weighted by atomic mass is 10.2. The Morgan fingerprint density at radius 3 is 2.67 bits per heavy atom. The molecule has 0 unspecified atom stereocenters. The van der Waals surface area contributed by atoms with Crippen LogP contribution in [0.15, 0.2) is 60.4 Å². The number of thiazole rings is 1. The molecule has 0 spiro atoms. The highest BCUT2D eigenvalue weighted by Gasteiger charge is 2.22. The molecule has 5 rings (SSSR count). The standard InChI is InChI=1S/C22H22N6OS/c29-21(13-17-16-30-22(25-17)19-5-1-3-7-23-19)27-11-9-26(10-12-27)14-18-15-28-8-4-2-6-20(28)24-18/h1-8,15-16H,9-14H2. The van der Waals surface area contributed by atoms with Gasteiger partial charge in [-0.1, -0.05) is 12.1 Å². The van der Waals surface area contributed by atoms with Crippen molar-refractivity contribution < 1.29 is 4.79 Å². The van der Waals surface area contributed by atoms with Crippen LogP contribution < -0.4 is 0 Å². The summed E-state index contributed by atoms with van der Waals surface area (Å²) in [4.78, 5) is 30.6. The average Bonchev–Trinajstić information content (AvgIpc) is 3.41. The van der Waals surface area contributed by atoms with E-state index in [-0.39, 0.29) is 5.91 Å². The number of carbonyl (C=O) groups is 1. The van der Waals surface area contributed by atoms with Crippen molar-refractivity contribution in [3.63, 3.8) is 0 Å². The van der Waals surface area contributed by atoms with Crippen LogP contribution in [0.1, 0.15) is 11.4 Å². The number of imidazole rings is 1. The summed E-state index contributed by atoms with van der Waals surface area (Å²) in [5.41, 5.74) is 3.69. The third-order valence-corrected chi connectivity index (χ3v) is 6.21. The van der Waals surface area contributed by atoms with Gasteiger partial charge in [0, 0.05) is 56.7 Å². The Morgan fingerprint density at radius 2 is 1.87 bits per heavy atom. The Hall–Kier alpha value is -3.10. The summed E-state index contributed by atoms with van der Waals surface area (Å²) in [5.74, 6) is 0.139. The number of aromatic nitrogens is 4. The maximum absolute atomic E-state index is 12.7. The minimum atomic E-state index is 0.139. The second kappa shape index (κ2) is 8.33. The number of amides is 1. The number of rotatable bonds is 5. The molecule has 0 bridgehead atoms. The molecule has 152 valence electrons. The van der Waals surface area contributed by atoms with Crippen LogP contribution in [-0.2, 0) is 17.8 Å². The van der Waals surface area contributed by atoms with Gasteiger partial charge in [0.2, 0.25) is 5.91 Å². The van der Waals surface area contributed by atoms with Crippen LogP contribution in [0.4, 0.5) is 0 Å². The van der Waals surface area contributed by atoms with Crippen molar-refractivity contribution in [2.24, 2.45) is 0 Å². The van der Waals surface area contributed by atoms with Crippen molar-refractivity contribution >= 4 is 22.9 Å². The number of hydrogen-bond donors (Lipinski definition) is 0. The molecule has 4 aromatic rings. The highest BCUT2D eigenvalue weighted by atomic mass is 32.1. The largest absolute Gasteiger partial charge is 0.340 e. The third-order valence-electron chi connectivity index (χ3n) is 5.29. The number of carbonyl (C=O) groups excluding carboxylic acids is 1. The molecule has 0 aromatic carbocycles. The molecule has 1 aliphatic heterocycles. The lowest BCUT2D eigenvalue weighted by Gasteiger charge is -2.34. The van der Waals surface area contributed by atoms with Gasteiger partial charge in [0.05, 0.1) is 23.5 Å². The Kier molecular flexibility index (Phi) is 5.25. The zero-order chi connectivity index (χ0) is 20.3. The van der Waals surface area contributed by atoms with E-state index in [0.29, 0.717) is 6.42 Å². The Labute approximate surface area is 178 Å². The molecule has 0 aliphatic carbocycles. The maximum Gasteiger partial charge on any atom is 0.228 e. The monoisotopic (exact) mass is 418 g/mol. The van der Waals surface area contributed by atoms with E-state index in [1.165, 1.54) is 11.3 Å². The molecule has 0 N–H and O–H groups in total. The molecule has 4 aromatic heterocycles. The van der Waals surface area contributed by atoms with Gasteiger partial charge in [0.1, 0.15) is 10.7 Å². The van der Waals surface area contributed by atoms with E-state index < -0.39 is 0 Å². The zero-order valence-electron chi connectivity index (χ0n) is 16.5. The molecule has 7 nitrogen and oxygen atoms in total. The molecule has 30 heavy (non-hydrogen) atoms. The van der Waals surface area contributed by atoms with Crippen LogP contribution in [0.2, 0.25) is 0 Å². The molecule has 0 radical (unpaired) electrons. The summed E-state index contributed by atoms with van der Waals surface area (Å²) in [6.45, 7) is 4.00. The quantitative estimate of drug-likeness (QED) is 0.499. The summed E-state index contributed by atoms with van der Waals surface area (Å²) >= 11 is 1.53. The van der Waals surface area contributed by atoms with Crippen LogP contribution >= 0.6 is 11.3 Å². The molecule has 1 aliphatic rings. The molecule has 1 amide bonds. The third kappa shape index (κ3) is 4.10. The molecule has 0 saturated carbocycles. The van der Waals surface area contributed by atoms with E-state index in [1.807, 2.05) is 57.3 Å². The van der Waals surface area contributed by atoms with E-state index in [0.717, 1.165) is 60.5 Å². The predicted molar refractivity (Wildman–Crippen MR) is 116 cm³/mol. The highest BCUT2D eigenvalue weighted by molar-refractivity contribution is 7.13. The van der Waals surface area contributed by atoms with Crippen molar-refractivity contribution in [2.75, 3.05) is 26.2 Å². The fourth-order valence-corrected chi connectivity index (χ4v) is 4.50. The van der Waals surface area contributed by atoms with Gasteiger partial charge in [-0.05, 0) is 24.3 Å². The number of fused-ring (bicyclic) bond motifs is 1. The molecule has 0 atom stereocenters. The molecular weight excluding hydrogens is 396 g/mol. The van der Waals surface area contributed by atoms with Gasteiger partial charge < -0.3 is 9.30 Å². The molecule has 1 fully saturated rings. The van der Waals surface area contributed by atoms with E-state index in [9.17, 15) is 4.79 Å². The van der Waals surface area contributed by atoms with Gasteiger partial charge in [-0.25, -0.2) is 9.97 Å². The maximum atomic E-state index is 12.7. The topological polar surface area (TPSA) is 66.6 Å². The molecular formula is C22H22N6OS. The van der Waals surface area contributed by atoms with Gasteiger partial charge in [-0.15, -0.1) is 11.3 Å². The lowest BCUT2D eigenvalue weighted by molar-refractivity contribution is -0.132. The van der Waals surface area contributed by atoms with Gasteiger partial charge >= 0.3 is 0 Å². The summed E-state index contributed by atoms with van der Waals surface area (Å²) in [7, 11) is 0. The number of piperazine rings is 1. The Balaban J connectivity index is 1.15. The van der Waals surface area contributed by atoms with Crippen LogP contribution in [0.5, 0.6) is 0 Å². The molecule has 5 heterocycles. The number of hydrogen-bond acceptors (Lipinski definition) is 6. The van der Waals surface area contributed by atoms with E-state index >= 15 is 0 Å². The van der Waals surface area contributed by atoms with Gasteiger partial charge in [-0.3, -0.25) is 14.7 Å². The molecule has 1 saturated heterocycles. The van der Waals surface area contributed by atoms with Crippen LogP contribution in [0.25, 0.3) is 16.3 Å². The lowest BCUT2D eigenvalue weighted by Crippen LogP contribution is -2.48. The fourth-order valence-electron chi connectivity index (χ4n) is 3.71. The fraction of sp³-hybridized carbons (Fsp3) is 0.273. The zero-order valence-corrected chi connectivity index (χ0v) is 17.3. The first-order valence-electron chi connectivity index (χ1n) is 10.0. The number of pyridine rings is 2. The van der Waals surface area contributed by atoms with Crippen LogP contribution in [0, 0.1) is 0 Å². The summed E-state index contributed by atoms with van der Waals surface area (Å²) < 4.78 is 2.04. The summed E-state index contributed by atoms with van der Waals surface area (Å²) in [6.07, 6.45) is 6.19. The summed E-state index contributed by atoms with van der Waals surface area (Å²) in [6, 6.07) is 11.8. The second-order valence-corrected chi connectivity index (χ2v) is 8.25. The number of nitrogens with zero attached hydrogens (tertiary/aromatic N) is 6. The second-order valence-electron chi connectivity index (χ2n) is 7.39. The van der Waals surface area contributed by atoms with E-state index in [2.05, 4.69) is 26.0 Å². The normalized spacial score (nSPS) is 15.0. The summed E-state index contributed by atoms with van der Waals surface area (Å²) in [5, 5.41) is 2.82. The van der Waals surface area contributed by atoms with E-state index in [4.69, 9.17) is 0 Å². The van der Waals surface area contributed by atoms with Crippen molar-refractivity contribution in [3.05, 3.63) is 71.8 Å².